The number of furan rings is 1. The van der Waals surface area contributed by atoms with Crippen LogP contribution in [0.1, 0.15) is 38.1 Å². The predicted molar refractivity (Wildman–Crippen MR) is 163 cm³/mol. The molecule has 1 aliphatic rings. The van der Waals surface area contributed by atoms with E-state index in [0.29, 0.717) is 62.3 Å². The number of benzene rings is 2. The molecule has 8 nitrogen and oxygen atoms in total. The Morgan fingerprint density at radius 2 is 1.90 bits per heavy atom. The highest BCUT2D eigenvalue weighted by Crippen LogP contribution is 2.38. The molecule has 0 bridgehead atoms. The molecule has 1 aliphatic heterocycles. The Morgan fingerprint density at radius 1 is 1.12 bits per heavy atom. The van der Waals surface area contributed by atoms with Crippen molar-refractivity contribution in [2.24, 2.45) is 4.99 Å². The highest BCUT2D eigenvalue weighted by molar-refractivity contribution is 9.10. The lowest BCUT2D eigenvalue weighted by Gasteiger charge is -2.30. The van der Waals surface area contributed by atoms with Gasteiger partial charge >= 0.3 is 0 Å². The lowest BCUT2D eigenvalue weighted by Crippen LogP contribution is -2.43. The third-order valence-electron chi connectivity index (χ3n) is 7.04. The number of fused-ring (bicyclic) bond motifs is 1. The van der Waals surface area contributed by atoms with Crippen molar-refractivity contribution in [2.45, 2.75) is 26.8 Å². The number of methoxy groups -OCH3 is 2. The standard InChI is InChI=1S/C31H30BrN3O5S/c1-6-34(7-2)30(37)27-18(3)33-31-35(28(27)23-16-21(38-4)11-14-25(23)39-5)29(36)26(41-31)17-22-12-13-24(40-22)19-9-8-10-20(32)15-19/h8-17,28H,6-7H2,1-5H3/b26-17+/t28-/m0/s1. The van der Waals surface area contributed by atoms with E-state index in [1.165, 1.54) is 11.3 Å². The van der Waals surface area contributed by atoms with Crippen molar-refractivity contribution in [1.29, 1.82) is 0 Å². The van der Waals surface area contributed by atoms with Gasteiger partial charge < -0.3 is 18.8 Å². The van der Waals surface area contributed by atoms with Crippen LogP contribution in [-0.4, -0.2) is 42.7 Å². The van der Waals surface area contributed by atoms with Crippen LogP contribution in [0.25, 0.3) is 17.4 Å². The second-order valence-corrected chi connectivity index (χ2v) is 11.3. The van der Waals surface area contributed by atoms with Crippen molar-refractivity contribution in [3.63, 3.8) is 0 Å². The minimum absolute atomic E-state index is 0.176. The van der Waals surface area contributed by atoms with Crippen LogP contribution < -0.4 is 24.4 Å². The van der Waals surface area contributed by atoms with E-state index < -0.39 is 6.04 Å². The Hall–Kier alpha value is -3.89. The molecule has 0 fully saturated rings. The molecule has 0 saturated carbocycles. The molecule has 5 rings (SSSR count). The van der Waals surface area contributed by atoms with E-state index in [0.717, 1.165) is 10.0 Å². The summed E-state index contributed by atoms with van der Waals surface area (Å²) in [4.78, 5) is 34.9. The zero-order chi connectivity index (χ0) is 29.3. The fraction of sp³-hybridized carbons (Fsp3) is 0.258. The van der Waals surface area contributed by atoms with E-state index in [4.69, 9.17) is 18.9 Å². The first-order valence-electron chi connectivity index (χ1n) is 13.2. The molecular weight excluding hydrogens is 606 g/mol. The van der Waals surface area contributed by atoms with Crippen LogP contribution in [0.2, 0.25) is 0 Å². The summed E-state index contributed by atoms with van der Waals surface area (Å²) in [6, 6.07) is 16.1. The number of rotatable bonds is 8. The first kappa shape index (κ1) is 28.6. The summed E-state index contributed by atoms with van der Waals surface area (Å²) in [6.45, 7) is 6.72. The fourth-order valence-corrected chi connectivity index (χ4v) is 6.41. The summed E-state index contributed by atoms with van der Waals surface area (Å²) in [5, 5.41) is 0. The number of halogens is 1. The summed E-state index contributed by atoms with van der Waals surface area (Å²) in [6.07, 6.45) is 1.72. The van der Waals surface area contributed by atoms with Gasteiger partial charge in [-0.3, -0.25) is 14.2 Å². The van der Waals surface area contributed by atoms with Crippen molar-refractivity contribution < 1.29 is 18.7 Å². The number of nitrogens with zero attached hydrogens (tertiary/aromatic N) is 3. The smallest absolute Gasteiger partial charge is 0.271 e. The minimum atomic E-state index is -0.764. The molecule has 1 atom stereocenters. The van der Waals surface area contributed by atoms with Crippen molar-refractivity contribution in [3.8, 4) is 22.8 Å². The molecule has 0 unspecified atom stereocenters. The average Bonchev–Trinajstić information content (AvgIpc) is 3.56. The summed E-state index contributed by atoms with van der Waals surface area (Å²) < 4.78 is 20.3. The topological polar surface area (TPSA) is 86.3 Å². The van der Waals surface area contributed by atoms with Crippen LogP contribution in [-0.2, 0) is 4.79 Å². The van der Waals surface area contributed by atoms with E-state index in [9.17, 15) is 9.59 Å². The van der Waals surface area contributed by atoms with Crippen LogP contribution in [0.15, 0.2) is 84.5 Å². The lowest BCUT2D eigenvalue weighted by atomic mass is 9.93. The Kier molecular flexibility index (Phi) is 8.32. The van der Waals surface area contributed by atoms with Gasteiger partial charge in [0.1, 0.15) is 29.1 Å². The van der Waals surface area contributed by atoms with Gasteiger partial charge in [-0.2, -0.15) is 0 Å². The number of thiazole rings is 1. The third-order valence-corrected chi connectivity index (χ3v) is 8.52. The second-order valence-electron chi connectivity index (χ2n) is 9.38. The van der Waals surface area contributed by atoms with Gasteiger partial charge in [0.05, 0.1) is 30.0 Å². The van der Waals surface area contributed by atoms with Crippen LogP contribution in [0.4, 0.5) is 0 Å². The number of allylic oxidation sites excluding steroid dienone is 1. The SMILES string of the molecule is CCN(CC)C(=O)C1=C(C)N=c2s/c(=C/c3ccc(-c4cccc(Br)c4)o3)c(=O)n2[C@H]1c1cc(OC)ccc1OC. The summed E-state index contributed by atoms with van der Waals surface area (Å²) in [5.74, 6) is 2.17. The van der Waals surface area contributed by atoms with Crippen LogP contribution in [0.5, 0.6) is 11.5 Å². The predicted octanol–water partition coefficient (Wildman–Crippen LogP) is 5.14. The number of ether oxygens (including phenoxy) is 2. The summed E-state index contributed by atoms with van der Waals surface area (Å²) in [5.41, 5.74) is 2.26. The number of hydrogen-bond acceptors (Lipinski definition) is 7. The molecule has 4 aromatic rings. The second kappa shape index (κ2) is 11.9. The Bertz CT molecular complexity index is 1830. The minimum Gasteiger partial charge on any atom is -0.497 e. The molecule has 3 heterocycles. The van der Waals surface area contributed by atoms with E-state index in [1.807, 2.05) is 63.2 Å². The van der Waals surface area contributed by atoms with Crippen molar-refractivity contribution >= 4 is 39.2 Å². The van der Waals surface area contributed by atoms with Crippen molar-refractivity contribution in [1.82, 2.24) is 9.47 Å². The Balaban J connectivity index is 1.70. The number of carbonyl (C=O) groups excluding carboxylic acids is 1. The van der Waals surface area contributed by atoms with Crippen LogP contribution in [0, 0.1) is 0 Å². The first-order chi connectivity index (χ1) is 19.8. The molecule has 41 heavy (non-hydrogen) atoms. The molecule has 2 aromatic heterocycles. The van der Waals surface area contributed by atoms with Gasteiger partial charge in [-0.25, -0.2) is 4.99 Å². The van der Waals surface area contributed by atoms with Crippen LogP contribution >= 0.6 is 27.3 Å². The summed E-state index contributed by atoms with van der Waals surface area (Å²) in [7, 11) is 3.14. The van der Waals surface area contributed by atoms with E-state index in [2.05, 4.69) is 15.9 Å². The van der Waals surface area contributed by atoms with E-state index in [1.54, 1.807) is 41.9 Å². The van der Waals surface area contributed by atoms with Crippen molar-refractivity contribution in [2.75, 3.05) is 27.3 Å². The van der Waals surface area contributed by atoms with Gasteiger partial charge in [-0.15, -0.1) is 0 Å². The van der Waals surface area contributed by atoms with Crippen molar-refractivity contribution in [3.05, 3.63) is 101 Å². The first-order valence-corrected chi connectivity index (χ1v) is 14.8. The number of aromatic nitrogens is 1. The molecule has 10 heteroatoms. The summed E-state index contributed by atoms with van der Waals surface area (Å²) >= 11 is 4.75. The highest BCUT2D eigenvalue weighted by Gasteiger charge is 2.36. The normalized spacial score (nSPS) is 15.0. The highest BCUT2D eigenvalue weighted by atomic mass is 79.9. The Morgan fingerprint density at radius 3 is 2.59 bits per heavy atom. The van der Waals surface area contributed by atoms with E-state index in [-0.39, 0.29) is 11.5 Å². The molecule has 212 valence electrons. The number of carbonyl (C=O) groups is 1. The van der Waals surface area contributed by atoms with Crippen LogP contribution in [0.3, 0.4) is 0 Å². The van der Waals surface area contributed by atoms with Gasteiger partial charge in [0.2, 0.25) is 0 Å². The van der Waals surface area contributed by atoms with E-state index >= 15 is 0 Å². The molecule has 0 spiro atoms. The molecule has 2 aromatic carbocycles. The molecular formula is C31H30BrN3O5S. The largest absolute Gasteiger partial charge is 0.497 e. The maximum Gasteiger partial charge on any atom is 0.271 e. The zero-order valence-corrected chi connectivity index (χ0v) is 25.8. The molecule has 0 aliphatic carbocycles. The van der Waals surface area contributed by atoms with Gasteiger partial charge in [0.15, 0.2) is 4.80 Å². The molecule has 1 amide bonds. The maximum atomic E-state index is 14.1. The number of hydrogen-bond donors (Lipinski definition) is 0. The number of amides is 1. The van der Waals surface area contributed by atoms with Gasteiger partial charge in [0, 0.05) is 34.8 Å². The van der Waals surface area contributed by atoms with Gasteiger partial charge in [-0.05, 0) is 63.2 Å². The van der Waals surface area contributed by atoms with Gasteiger partial charge in [0.25, 0.3) is 11.5 Å². The zero-order valence-electron chi connectivity index (χ0n) is 23.4. The molecule has 0 saturated heterocycles. The number of likely N-dealkylation sites (N-methyl/N-ethyl adjacent to an activating group) is 1. The average molecular weight is 637 g/mol. The van der Waals surface area contributed by atoms with Gasteiger partial charge in [-0.1, -0.05) is 39.4 Å². The fourth-order valence-electron chi connectivity index (χ4n) is 4.98. The Labute approximate surface area is 250 Å². The monoisotopic (exact) mass is 635 g/mol. The maximum absolute atomic E-state index is 14.1. The third kappa shape index (κ3) is 5.41. The molecule has 0 radical (unpaired) electrons. The lowest BCUT2D eigenvalue weighted by molar-refractivity contribution is -0.127. The quantitative estimate of drug-likeness (QED) is 0.267. The molecule has 0 N–H and O–H groups in total.